The van der Waals surface area contributed by atoms with E-state index in [0.717, 1.165) is 21.9 Å². The number of nitrogens with zero attached hydrogens (tertiary/aromatic N) is 1. The molecule has 0 unspecified atom stereocenters. The Morgan fingerprint density at radius 1 is 0.800 bits per heavy atom. The van der Waals surface area contributed by atoms with Gasteiger partial charge in [0.15, 0.2) is 0 Å². The van der Waals surface area contributed by atoms with Crippen LogP contribution in [-0.4, -0.2) is 5.91 Å². The summed E-state index contributed by atoms with van der Waals surface area (Å²) in [5.41, 5.74) is 3.12. The van der Waals surface area contributed by atoms with Crippen molar-refractivity contribution < 1.29 is 14.3 Å². The van der Waals surface area contributed by atoms with Gasteiger partial charge < -0.3 is 14.8 Å². The van der Waals surface area contributed by atoms with E-state index in [0.29, 0.717) is 34.4 Å². The first-order valence-corrected chi connectivity index (χ1v) is 13.1. The van der Waals surface area contributed by atoms with Gasteiger partial charge in [-0.15, -0.1) is 0 Å². The van der Waals surface area contributed by atoms with Crippen molar-refractivity contribution in [2.24, 2.45) is 0 Å². The second-order valence-corrected chi connectivity index (χ2v) is 9.48. The number of benzene rings is 5. The molecule has 1 amide bonds. The number of rotatable bonds is 9. The van der Waals surface area contributed by atoms with Crippen LogP contribution in [0.2, 0.25) is 5.02 Å². The van der Waals surface area contributed by atoms with Crippen LogP contribution in [0.4, 0.5) is 5.69 Å². The van der Waals surface area contributed by atoms with Crippen LogP contribution in [0.25, 0.3) is 16.8 Å². The SMILES string of the molecule is N#C/C(=C\c1c(OCc2cccc(Cl)c2)ccc2ccccc12)C(=O)Nc1ccc(OCc2ccccc2)cc1. The Labute approximate surface area is 237 Å². The fourth-order valence-electron chi connectivity index (χ4n) is 4.20. The van der Waals surface area contributed by atoms with Gasteiger partial charge in [-0.05, 0) is 70.4 Å². The minimum absolute atomic E-state index is 0.0478. The molecule has 0 aliphatic rings. The number of ether oxygens (including phenoxy) is 2. The maximum atomic E-state index is 13.1. The molecule has 1 N–H and O–H groups in total. The third-order valence-corrected chi connectivity index (χ3v) is 6.46. The molecule has 0 saturated carbocycles. The summed E-state index contributed by atoms with van der Waals surface area (Å²) in [6.45, 7) is 0.729. The van der Waals surface area contributed by atoms with Gasteiger partial charge in [-0.2, -0.15) is 5.26 Å². The lowest BCUT2D eigenvalue weighted by atomic mass is 10.0. The first kappa shape index (κ1) is 26.6. The highest BCUT2D eigenvalue weighted by Gasteiger charge is 2.14. The topological polar surface area (TPSA) is 71.3 Å². The maximum absolute atomic E-state index is 13.1. The van der Waals surface area contributed by atoms with Crippen molar-refractivity contribution >= 4 is 40.0 Å². The number of carbonyl (C=O) groups excluding carboxylic acids is 1. The number of carbonyl (C=O) groups is 1. The fourth-order valence-corrected chi connectivity index (χ4v) is 4.42. The molecule has 5 aromatic rings. The first-order chi connectivity index (χ1) is 19.6. The van der Waals surface area contributed by atoms with E-state index in [2.05, 4.69) is 5.32 Å². The lowest BCUT2D eigenvalue weighted by molar-refractivity contribution is -0.112. The van der Waals surface area contributed by atoms with Crippen LogP contribution in [0.1, 0.15) is 16.7 Å². The number of amides is 1. The second kappa shape index (κ2) is 12.7. The third-order valence-electron chi connectivity index (χ3n) is 6.23. The average molecular weight is 545 g/mol. The minimum Gasteiger partial charge on any atom is -0.489 e. The van der Waals surface area contributed by atoms with Crippen molar-refractivity contribution in [3.8, 4) is 17.6 Å². The van der Waals surface area contributed by atoms with Crippen molar-refractivity contribution in [1.82, 2.24) is 0 Å². The van der Waals surface area contributed by atoms with Crippen LogP contribution < -0.4 is 14.8 Å². The normalized spacial score (nSPS) is 11.1. The highest BCUT2D eigenvalue weighted by molar-refractivity contribution is 6.30. The molecule has 6 heteroatoms. The van der Waals surface area contributed by atoms with Gasteiger partial charge in [-0.1, -0.05) is 84.4 Å². The van der Waals surface area contributed by atoms with E-state index in [4.69, 9.17) is 21.1 Å². The Balaban J connectivity index is 1.35. The summed E-state index contributed by atoms with van der Waals surface area (Å²) < 4.78 is 12.0. The third kappa shape index (κ3) is 6.68. The predicted octanol–water partition coefficient (Wildman–Crippen LogP) is 8.20. The molecule has 5 aromatic carbocycles. The Hall–Kier alpha value is -5.05. The molecule has 40 heavy (non-hydrogen) atoms. The van der Waals surface area contributed by atoms with E-state index in [1.54, 1.807) is 36.4 Å². The lowest BCUT2D eigenvalue weighted by Gasteiger charge is -2.13. The van der Waals surface area contributed by atoms with Gasteiger partial charge in [-0.3, -0.25) is 4.79 Å². The first-order valence-electron chi connectivity index (χ1n) is 12.7. The molecule has 5 nitrogen and oxygen atoms in total. The van der Waals surface area contributed by atoms with Crippen molar-refractivity contribution in [1.29, 1.82) is 5.26 Å². The molecule has 0 fully saturated rings. The van der Waals surface area contributed by atoms with E-state index in [1.165, 1.54) is 0 Å². The number of nitrogens with one attached hydrogen (secondary N) is 1. The zero-order valence-electron chi connectivity index (χ0n) is 21.5. The van der Waals surface area contributed by atoms with Crippen LogP contribution >= 0.6 is 11.6 Å². The summed E-state index contributed by atoms with van der Waals surface area (Å²) in [5.74, 6) is 0.712. The number of halogens is 1. The molecular formula is C34H25ClN2O3. The molecule has 0 aliphatic heterocycles. The minimum atomic E-state index is -0.519. The smallest absolute Gasteiger partial charge is 0.266 e. The monoisotopic (exact) mass is 544 g/mol. The van der Waals surface area contributed by atoms with Crippen LogP contribution in [0.15, 0.2) is 121 Å². The molecule has 0 spiro atoms. The highest BCUT2D eigenvalue weighted by atomic mass is 35.5. The molecule has 0 atom stereocenters. The predicted molar refractivity (Wildman–Crippen MR) is 159 cm³/mol. The zero-order valence-corrected chi connectivity index (χ0v) is 22.3. The van der Waals surface area contributed by atoms with Crippen molar-refractivity contribution in [3.05, 3.63) is 143 Å². The largest absolute Gasteiger partial charge is 0.489 e. The summed E-state index contributed by atoms with van der Waals surface area (Å²) in [6.07, 6.45) is 1.57. The van der Waals surface area contributed by atoms with E-state index in [9.17, 15) is 10.1 Å². The van der Waals surface area contributed by atoms with Crippen LogP contribution in [0.5, 0.6) is 11.5 Å². The molecule has 0 aliphatic carbocycles. The summed E-state index contributed by atoms with van der Waals surface area (Å²) in [6, 6.07) is 37.9. The van der Waals surface area contributed by atoms with Crippen LogP contribution in [-0.2, 0) is 18.0 Å². The quantitative estimate of drug-likeness (QED) is 0.150. The van der Waals surface area contributed by atoms with E-state index in [1.807, 2.05) is 91.0 Å². The number of anilines is 1. The van der Waals surface area contributed by atoms with E-state index in [-0.39, 0.29) is 12.2 Å². The van der Waals surface area contributed by atoms with Gasteiger partial charge >= 0.3 is 0 Å². The standard InChI is InChI=1S/C34H25ClN2O3/c35-28-11-6-9-25(19-28)23-40-33-18-13-26-10-4-5-12-31(26)32(33)20-27(21-36)34(38)37-29-14-16-30(17-15-29)39-22-24-7-2-1-3-8-24/h1-20H,22-23H2,(H,37,38)/b27-20+. The highest BCUT2D eigenvalue weighted by Crippen LogP contribution is 2.31. The Kier molecular flexibility index (Phi) is 8.41. The van der Waals surface area contributed by atoms with Gasteiger partial charge in [0.05, 0.1) is 0 Å². The molecule has 0 radical (unpaired) electrons. The van der Waals surface area contributed by atoms with Crippen LogP contribution in [0.3, 0.4) is 0 Å². The summed E-state index contributed by atoms with van der Waals surface area (Å²) in [4.78, 5) is 13.1. The number of fused-ring (bicyclic) bond motifs is 1. The Bertz CT molecular complexity index is 1710. The number of nitriles is 1. The van der Waals surface area contributed by atoms with Gasteiger partial charge in [0.25, 0.3) is 5.91 Å². The molecule has 196 valence electrons. The maximum Gasteiger partial charge on any atom is 0.266 e. The molecule has 0 saturated heterocycles. The molecular weight excluding hydrogens is 520 g/mol. The zero-order chi connectivity index (χ0) is 27.7. The van der Waals surface area contributed by atoms with E-state index < -0.39 is 5.91 Å². The van der Waals surface area contributed by atoms with Gasteiger partial charge in [0.2, 0.25) is 0 Å². The van der Waals surface area contributed by atoms with E-state index >= 15 is 0 Å². The Morgan fingerprint density at radius 3 is 2.30 bits per heavy atom. The van der Waals surface area contributed by atoms with Crippen molar-refractivity contribution in [3.63, 3.8) is 0 Å². The summed E-state index contributed by atoms with van der Waals surface area (Å²) >= 11 is 6.12. The number of hydrogen-bond acceptors (Lipinski definition) is 4. The molecule has 0 bridgehead atoms. The fraction of sp³-hybridized carbons (Fsp3) is 0.0588. The van der Waals surface area contributed by atoms with Gasteiger partial charge in [0.1, 0.15) is 36.4 Å². The van der Waals surface area contributed by atoms with Gasteiger partial charge in [0, 0.05) is 16.3 Å². The Morgan fingerprint density at radius 2 is 1.52 bits per heavy atom. The van der Waals surface area contributed by atoms with Gasteiger partial charge in [-0.25, -0.2) is 0 Å². The van der Waals surface area contributed by atoms with Crippen molar-refractivity contribution in [2.45, 2.75) is 13.2 Å². The second-order valence-electron chi connectivity index (χ2n) is 9.04. The number of hydrogen-bond donors (Lipinski definition) is 1. The summed E-state index contributed by atoms with van der Waals surface area (Å²) in [5, 5.41) is 15.2. The average Bonchev–Trinajstić information content (AvgIpc) is 2.99. The van der Waals surface area contributed by atoms with Crippen LogP contribution in [0, 0.1) is 11.3 Å². The molecule has 0 aromatic heterocycles. The molecule has 0 heterocycles. The van der Waals surface area contributed by atoms with Crippen molar-refractivity contribution in [2.75, 3.05) is 5.32 Å². The lowest BCUT2D eigenvalue weighted by Crippen LogP contribution is -2.13. The summed E-state index contributed by atoms with van der Waals surface area (Å²) in [7, 11) is 0. The molecule has 5 rings (SSSR count).